The smallest absolute Gasteiger partial charge is 0.316 e. The molecule has 8 nitrogen and oxygen atoms in total. The Balaban J connectivity index is 1.73. The van der Waals surface area contributed by atoms with Crippen molar-refractivity contribution in [3.8, 4) is 0 Å². The van der Waals surface area contributed by atoms with E-state index in [4.69, 9.17) is 9.47 Å². The predicted octanol–water partition coefficient (Wildman–Crippen LogP) is 1.12. The molecule has 1 unspecified atom stereocenters. The summed E-state index contributed by atoms with van der Waals surface area (Å²) in [5.74, 6) is 0.231. The highest BCUT2D eigenvalue weighted by atomic mass is 16.5. The molecule has 1 aliphatic heterocycles. The van der Waals surface area contributed by atoms with E-state index in [2.05, 4.69) is 25.5 Å². The van der Waals surface area contributed by atoms with Crippen molar-refractivity contribution in [3.05, 3.63) is 12.4 Å². The van der Waals surface area contributed by atoms with Crippen molar-refractivity contribution in [1.82, 2.24) is 20.2 Å². The average molecular weight is 305 g/mol. The fourth-order valence-corrected chi connectivity index (χ4v) is 2.59. The first kappa shape index (κ1) is 14.7. The third-order valence-electron chi connectivity index (χ3n) is 3.81. The highest BCUT2D eigenvalue weighted by molar-refractivity contribution is 5.78. The van der Waals surface area contributed by atoms with Crippen molar-refractivity contribution >= 4 is 23.0 Å². The molecule has 3 heterocycles. The lowest BCUT2D eigenvalue weighted by Gasteiger charge is -2.34. The van der Waals surface area contributed by atoms with Gasteiger partial charge in [0.05, 0.1) is 25.6 Å². The van der Waals surface area contributed by atoms with Crippen LogP contribution in [-0.4, -0.2) is 52.5 Å². The molecule has 0 radical (unpaired) electrons. The van der Waals surface area contributed by atoms with Crippen molar-refractivity contribution in [2.45, 2.75) is 19.8 Å². The zero-order chi connectivity index (χ0) is 15.4. The lowest BCUT2D eigenvalue weighted by molar-refractivity contribution is -0.162. The third-order valence-corrected chi connectivity index (χ3v) is 3.81. The van der Waals surface area contributed by atoms with Gasteiger partial charge in [-0.1, -0.05) is 0 Å². The van der Waals surface area contributed by atoms with Crippen LogP contribution in [0.3, 0.4) is 0 Å². The number of aromatic amines is 1. The van der Waals surface area contributed by atoms with Crippen LogP contribution >= 0.6 is 0 Å². The number of rotatable bonds is 5. The van der Waals surface area contributed by atoms with E-state index in [-0.39, 0.29) is 5.97 Å². The maximum absolute atomic E-state index is 12.3. The van der Waals surface area contributed by atoms with Gasteiger partial charge in [-0.3, -0.25) is 9.89 Å². The minimum Gasteiger partial charge on any atom is -0.465 e. The van der Waals surface area contributed by atoms with Gasteiger partial charge in [0.15, 0.2) is 0 Å². The van der Waals surface area contributed by atoms with Crippen molar-refractivity contribution < 1.29 is 14.3 Å². The minimum absolute atomic E-state index is 0.230. The summed E-state index contributed by atoms with van der Waals surface area (Å²) in [5, 5.41) is 9.84. The minimum atomic E-state index is -0.678. The molecule has 0 aliphatic carbocycles. The molecule has 8 heteroatoms. The molecule has 0 bridgehead atoms. The van der Waals surface area contributed by atoms with Crippen molar-refractivity contribution in [2.24, 2.45) is 5.41 Å². The molecule has 0 saturated carbocycles. The molecular weight excluding hydrogens is 286 g/mol. The summed E-state index contributed by atoms with van der Waals surface area (Å²) >= 11 is 0. The molecule has 0 amide bonds. The van der Waals surface area contributed by atoms with Gasteiger partial charge in [0.1, 0.15) is 16.4 Å². The molecule has 0 spiro atoms. The molecule has 1 fully saturated rings. The number of esters is 1. The molecule has 1 aliphatic rings. The van der Waals surface area contributed by atoms with Crippen LogP contribution in [0.2, 0.25) is 0 Å². The van der Waals surface area contributed by atoms with E-state index in [9.17, 15) is 4.79 Å². The maximum Gasteiger partial charge on any atom is 0.316 e. The van der Waals surface area contributed by atoms with Crippen LogP contribution in [0.15, 0.2) is 12.4 Å². The average Bonchev–Trinajstić information content (AvgIpc) is 3.01. The van der Waals surface area contributed by atoms with Crippen LogP contribution in [0.1, 0.15) is 19.8 Å². The van der Waals surface area contributed by atoms with E-state index in [0.717, 1.165) is 23.9 Å². The standard InChI is InChI=1S/C14H19N5O3/c1-2-22-12(20)14(4-3-5-21-9-14)8-16-13-15-6-11-10(18-13)7-17-19-11/h6-7H,2-5,8-9H2,1H3,(H,17,19)(H,15,16,18). The van der Waals surface area contributed by atoms with Gasteiger partial charge in [0.25, 0.3) is 0 Å². The highest BCUT2D eigenvalue weighted by Gasteiger charge is 2.42. The van der Waals surface area contributed by atoms with E-state index in [1.165, 1.54) is 0 Å². The zero-order valence-corrected chi connectivity index (χ0v) is 12.5. The van der Waals surface area contributed by atoms with E-state index in [0.29, 0.717) is 32.3 Å². The number of nitrogens with one attached hydrogen (secondary N) is 2. The molecule has 1 saturated heterocycles. The van der Waals surface area contributed by atoms with E-state index in [1.54, 1.807) is 19.3 Å². The van der Waals surface area contributed by atoms with E-state index < -0.39 is 5.41 Å². The molecule has 22 heavy (non-hydrogen) atoms. The van der Waals surface area contributed by atoms with Gasteiger partial charge >= 0.3 is 5.97 Å². The molecule has 0 aromatic carbocycles. The number of carbonyl (C=O) groups is 1. The number of anilines is 1. The molecule has 118 valence electrons. The van der Waals surface area contributed by atoms with Crippen LogP contribution in [0.25, 0.3) is 11.0 Å². The number of ether oxygens (including phenoxy) is 2. The first-order valence-corrected chi connectivity index (χ1v) is 7.38. The van der Waals surface area contributed by atoms with Crippen LogP contribution < -0.4 is 5.32 Å². The van der Waals surface area contributed by atoms with Crippen LogP contribution in [-0.2, 0) is 14.3 Å². The highest BCUT2D eigenvalue weighted by Crippen LogP contribution is 2.30. The third kappa shape index (κ3) is 2.87. The van der Waals surface area contributed by atoms with Gasteiger partial charge in [-0.05, 0) is 19.8 Å². The molecule has 2 aromatic rings. The van der Waals surface area contributed by atoms with E-state index in [1.807, 2.05) is 0 Å². The summed E-state index contributed by atoms with van der Waals surface area (Å²) in [6.45, 7) is 3.58. The lowest BCUT2D eigenvalue weighted by Crippen LogP contribution is -2.46. The predicted molar refractivity (Wildman–Crippen MR) is 79.3 cm³/mol. The first-order valence-electron chi connectivity index (χ1n) is 7.38. The molecule has 2 aromatic heterocycles. The van der Waals surface area contributed by atoms with Crippen LogP contribution in [0, 0.1) is 5.41 Å². The monoisotopic (exact) mass is 305 g/mol. The Kier molecular flexibility index (Phi) is 4.19. The van der Waals surface area contributed by atoms with Gasteiger partial charge in [0, 0.05) is 13.2 Å². The summed E-state index contributed by atoms with van der Waals surface area (Å²) in [6.07, 6.45) is 4.86. The fourth-order valence-electron chi connectivity index (χ4n) is 2.59. The molecular formula is C14H19N5O3. The molecule has 2 N–H and O–H groups in total. The topological polar surface area (TPSA) is 102 Å². The Morgan fingerprint density at radius 2 is 2.45 bits per heavy atom. The van der Waals surface area contributed by atoms with Crippen molar-refractivity contribution in [1.29, 1.82) is 0 Å². The number of nitrogens with zero attached hydrogens (tertiary/aromatic N) is 3. The second kappa shape index (κ2) is 6.27. The number of H-pyrrole nitrogens is 1. The summed E-state index contributed by atoms with van der Waals surface area (Å²) in [7, 11) is 0. The Hall–Kier alpha value is -2.22. The lowest BCUT2D eigenvalue weighted by atomic mass is 9.82. The Morgan fingerprint density at radius 1 is 1.55 bits per heavy atom. The van der Waals surface area contributed by atoms with Gasteiger partial charge in [-0.15, -0.1) is 0 Å². The quantitative estimate of drug-likeness (QED) is 0.798. The van der Waals surface area contributed by atoms with E-state index >= 15 is 0 Å². The first-order chi connectivity index (χ1) is 10.7. The second-order valence-corrected chi connectivity index (χ2v) is 5.37. The Bertz CT molecular complexity index is 651. The molecule has 1 atom stereocenters. The summed E-state index contributed by atoms with van der Waals surface area (Å²) in [5.41, 5.74) is 0.817. The zero-order valence-electron chi connectivity index (χ0n) is 12.5. The largest absolute Gasteiger partial charge is 0.465 e. The number of carbonyl (C=O) groups excluding carboxylic acids is 1. The number of aromatic nitrogens is 4. The van der Waals surface area contributed by atoms with Gasteiger partial charge in [0.2, 0.25) is 5.95 Å². The maximum atomic E-state index is 12.3. The van der Waals surface area contributed by atoms with Crippen LogP contribution in [0.5, 0.6) is 0 Å². The van der Waals surface area contributed by atoms with Crippen LogP contribution in [0.4, 0.5) is 5.95 Å². The number of fused-ring (bicyclic) bond motifs is 1. The normalized spacial score (nSPS) is 21.7. The summed E-state index contributed by atoms with van der Waals surface area (Å²) < 4.78 is 10.7. The summed E-state index contributed by atoms with van der Waals surface area (Å²) in [6, 6.07) is 0. The Labute approximate surface area is 127 Å². The summed E-state index contributed by atoms with van der Waals surface area (Å²) in [4.78, 5) is 20.9. The van der Waals surface area contributed by atoms with Crippen molar-refractivity contribution in [2.75, 3.05) is 31.7 Å². The van der Waals surface area contributed by atoms with Gasteiger partial charge in [-0.25, -0.2) is 9.97 Å². The number of hydrogen-bond donors (Lipinski definition) is 2. The van der Waals surface area contributed by atoms with Gasteiger partial charge < -0.3 is 14.8 Å². The SMILES string of the molecule is CCOC(=O)C1(CNc2ncc3[nH]ncc3n2)CCCOC1. The van der Waals surface area contributed by atoms with Crippen molar-refractivity contribution in [3.63, 3.8) is 0 Å². The second-order valence-electron chi connectivity index (χ2n) is 5.37. The molecule has 3 rings (SSSR count). The Morgan fingerprint density at radius 3 is 3.23 bits per heavy atom. The number of hydrogen-bond acceptors (Lipinski definition) is 7. The van der Waals surface area contributed by atoms with Gasteiger partial charge in [-0.2, -0.15) is 5.10 Å². The fraction of sp³-hybridized carbons (Fsp3) is 0.571.